The maximum Gasteiger partial charge on any atom is 0.165 e. The summed E-state index contributed by atoms with van der Waals surface area (Å²) in [5.41, 5.74) is 3.31. The van der Waals surface area contributed by atoms with Crippen molar-refractivity contribution in [2.24, 2.45) is 9.98 Å². The fourth-order valence-electron chi connectivity index (χ4n) is 2.90. The first-order valence-electron chi connectivity index (χ1n) is 7.96. The zero-order valence-corrected chi connectivity index (χ0v) is 15.8. The Hall–Kier alpha value is -2.43. The van der Waals surface area contributed by atoms with Crippen LogP contribution in [-0.4, -0.2) is 28.9 Å². The van der Waals surface area contributed by atoms with Crippen LogP contribution in [0.25, 0.3) is 0 Å². The van der Waals surface area contributed by atoms with E-state index in [0.717, 1.165) is 11.1 Å². The lowest BCUT2D eigenvalue weighted by atomic mass is 10.0. The van der Waals surface area contributed by atoms with Gasteiger partial charge in [0, 0.05) is 21.2 Å². The second kappa shape index (κ2) is 7.44. The molecule has 1 aliphatic rings. The molecule has 2 aromatic rings. The molecule has 0 aromatic heterocycles. The lowest BCUT2D eigenvalue weighted by Gasteiger charge is -2.10. The molecular weight excluding hydrogens is 371 g/mol. The van der Waals surface area contributed by atoms with Crippen LogP contribution in [0.5, 0.6) is 0 Å². The van der Waals surface area contributed by atoms with E-state index in [2.05, 4.69) is 9.98 Å². The SMILES string of the molecule is CC(=O)/C(C1=Nc2ccc(Cl)cc2C(c2ccccc2Cl)=NC1)=C(/C)O. The van der Waals surface area contributed by atoms with Crippen molar-refractivity contribution in [2.75, 3.05) is 6.54 Å². The minimum Gasteiger partial charge on any atom is -0.512 e. The van der Waals surface area contributed by atoms with Crippen molar-refractivity contribution < 1.29 is 9.90 Å². The average molecular weight is 387 g/mol. The summed E-state index contributed by atoms with van der Waals surface area (Å²) in [4.78, 5) is 21.2. The Labute approximate surface area is 161 Å². The highest BCUT2D eigenvalue weighted by Crippen LogP contribution is 2.31. The second-order valence-electron chi connectivity index (χ2n) is 5.88. The summed E-state index contributed by atoms with van der Waals surface area (Å²) in [6, 6.07) is 12.6. The third-order valence-corrected chi connectivity index (χ3v) is 4.55. The Bertz CT molecular complexity index is 987. The van der Waals surface area contributed by atoms with Crippen LogP contribution >= 0.6 is 23.2 Å². The predicted molar refractivity (Wildman–Crippen MR) is 107 cm³/mol. The second-order valence-corrected chi connectivity index (χ2v) is 6.72. The minimum atomic E-state index is -0.268. The van der Waals surface area contributed by atoms with Crippen molar-refractivity contribution in [1.82, 2.24) is 0 Å². The molecule has 0 unspecified atom stereocenters. The van der Waals surface area contributed by atoms with Crippen LogP contribution in [0.2, 0.25) is 10.0 Å². The van der Waals surface area contributed by atoms with Gasteiger partial charge in [0.15, 0.2) is 5.78 Å². The monoisotopic (exact) mass is 386 g/mol. The largest absolute Gasteiger partial charge is 0.512 e. The topological polar surface area (TPSA) is 62.0 Å². The number of allylic oxidation sites excluding steroid dienone is 1. The number of Topliss-reactive ketones (excluding diaryl/α,β-unsaturated/α-hetero) is 1. The van der Waals surface area contributed by atoms with Gasteiger partial charge in [-0.3, -0.25) is 9.79 Å². The number of aliphatic imine (C=N–C) groups is 2. The molecule has 26 heavy (non-hydrogen) atoms. The van der Waals surface area contributed by atoms with Crippen LogP contribution in [0.4, 0.5) is 5.69 Å². The maximum atomic E-state index is 12.0. The summed E-state index contributed by atoms with van der Waals surface area (Å²) in [7, 11) is 0. The molecule has 0 radical (unpaired) electrons. The standard InChI is InChI=1S/C20H16Cl2N2O2/c1-11(25)19(12(2)26)18-10-23-20(14-5-3-4-6-16(14)22)15-9-13(21)7-8-17(15)24-18/h3-9,25H,10H2,1-2H3/b19-11+. The number of ketones is 1. The minimum absolute atomic E-state index is 0.0804. The van der Waals surface area contributed by atoms with Gasteiger partial charge in [0.1, 0.15) is 5.76 Å². The lowest BCUT2D eigenvalue weighted by molar-refractivity contribution is -0.113. The summed E-state index contributed by atoms with van der Waals surface area (Å²) in [5.74, 6) is -0.348. The van der Waals surface area contributed by atoms with Gasteiger partial charge in [-0.1, -0.05) is 41.4 Å². The smallest absolute Gasteiger partial charge is 0.165 e. The quantitative estimate of drug-likeness (QED) is 0.571. The first-order chi connectivity index (χ1) is 12.4. The number of fused-ring (bicyclic) bond motifs is 1. The van der Waals surface area contributed by atoms with E-state index in [9.17, 15) is 9.90 Å². The third-order valence-electron chi connectivity index (χ3n) is 3.99. The van der Waals surface area contributed by atoms with Gasteiger partial charge >= 0.3 is 0 Å². The van der Waals surface area contributed by atoms with E-state index in [4.69, 9.17) is 23.2 Å². The van der Waals surface area contributed by atoms with Crippen molar-refractivity contribution in [3.63, 3.8) is 0 Å². The first kappa shape index (κ1) is 18.4. The fraction of sp³-hybridized carbons (Fsp3) is 0.150. The van der Waals surface area contributed by atoms with Gasteiger partial charge in [0.2, 0.25) is 0 Å². The zero-order valence-electron chi connectivity index (χ0n) is 14.3. The molecule has 2 aromatic carbocycles. The molecule has 0 saturated carbocycles. The van der Waals surface area contributed by atoms with E-state index in [1.807, 2.05) is 18.2 Å². The predicted octanol–water partition coefficient (Wildman–Crippen LogP) is 5.34. The summed E-state index contributed by atoms with van der Waals surface area (Å²) in [6.45, 7) is 3.00. The average Bonchev–Trinajstić information content (AvgIpc) is 2.74. The van der Waals surface area contributed by atoms with Crippen molar-refractivity contribution in [1.29, 1.82) is 0 Å². The maximum absolute atomic E-state index is 12.0. The molecular formula is C20H16Cl2N2O2. The number of aliphatic hydroxyl groups is 1. The van der Waals surface area contributed by atoms with Crippen LogP contribution in [0.15, 0.2) is 63.8 Å². The van der Waals surface area contributed by atoms with E-state index in [-0.39, 0.29) is 23.7 Å². The number of hydrogen-bond donors (Lipinski definition) is 1. The third kappa shape index (κ3) is 3.57. The Kier molecular flexibility index (Phi) is 5.25. The van der Waals surface area contributed by atoms with E-state index >= 15 is 0 Å². The molecule has 0 aliphatic carbocycles. The van der Waals surface area contributed by atoms with Gasteiger partial charge in [-0.2, -0.15) is 0 Å². The van der Waals surface area contributed by atoms with Crippen molar-refractivity contribution >= 4 is 46.1 Å². The van der Waals surface area contributed by atoms with E-state index in [0.29, 0.717) is 27.2 Å². The number of carbonyl (C=O) groups is 1. The molecule has 0 fully saturated rings. The number of rotatable bonds is 3. The number of nitrogens with zero attached hydrogens (tertiary/aromatic N) is 2. The molecule has 1 aliphatic heterocycles. The van der Waals surface area contributed by atoms with Crippen LogP contribution in [0.1, 0.15) is 25.0 Å². The molecule has 0 spiro atoms. The molecule has 3 rings (SSSR count). The highest BCUT2D eigenvalue weighted by Gasteiger charge is 2.22. The van der Waals surface area contributed by atoms with Gasteiger partial charge in [-0.05, 0) is 38.1 Å². The number of aliphatic hydroxyl groups excluding tert-OH is 1. The summed E-state index contributed by atoms with van der Waals surface area (Å²) < 4.78 is 0. The zero-order chi connectivity index (χ0) is 18.8. The number of halogens is 2. The molecule has 4 nitrogen and oxygen atoms in total. The summed E-state index contributed by atoms with van der Waals surface area (Å²) in [6.07, 6.45) is 0. The molecule has 0 bridgehead atoms. The van der Waals surface area contributed by atoms with Crippen LogP contribution in [-0.2, 0) is 4.79 Å². The van der Waals surface area contributed by atoms with Gasteiger partial charge in [0.25, 0.3) is 0 Å². The Balaban J connectivity index is 2.25. The van der Waals surface area contributed by atoms with Gasteiger partial charge in [-0.15, -0.1) is 0 Å². The molecule has 0 atom stereocenters. The van der Waals surface area contributed by atoms with Crippen LogP contribution in [0.3, 0.4) is 0 Å². The van der Waals surface area contributed by atoms with Crippen LogP contribution < -0.4 is 0 Å². The van der Waals surface area contributed by atoms with Gasteiger partial charge < -0.3 is 5.11 Å². The highest BCUT2D eigenvalue weighted by molar-refractivity contribution is 6.37. The summed E-state index contributed by atoms with van der Waals surface area (Å²) >= 11 is 12.5. The van der Waals surface area contributed by atoms with Crippen molar-refractivity contribution in [2.45, 2.75) is 13.8 Å². The Morgan fingerprint density at radius 2 is 1.81 bits per heavy atom. The van der Waals surface area contributed by atoms with Crippen molar-refractivity contribution in [3.8, 4) is 0 Å². The van der Waals surface area contributed by atoms with E-state index in [1.165, 1.54) is 13.8 Å². The summed E-state index contributed by atoms with van der Waals surface area (Å²) in [5, 5.41) is 11.0. The first-order valence-corrected chi connectivity index (χ1v) is 8.72. The van der Waals surface area contributed by atoms with E-state index < -0.39 is 0 Å². The van der Waals surface area contributed by atoms with Crippen molar-refractivity contribution in [3.05, 3.63) is 75.0 Å². The fourth-order valence-corrected chi connectivity index (χ4v) is 3.30. The van der Waals surface area contributed by atoms with Gasteiger partial charge in [0.05, 0.1) is 29.2 Å². The molecule has 132 valence electrons. The molecule has 6 heteroatoms. The van der Waals surface area contributed by atoms with Crippen LogP contribution in [0, 0.1) is 0 Å². The van der Waals surface area contributed by atoms with E-state index in [1.54, 1.807) is 24.3 Å². The Morgan fingerprint density at radius 3 is 2.46 bits per heavy atom. The molecule has 1 N–H and O–H groups in total. The molecule has 1 heterocycles. The van der Waals surface area contributed by atoms with Gasteiger partial charge in [-0.25, -0.2) is 4.99 Å². The lowest BCUT2D eigenvalue weighted by Crippen LogP contribution is -2.15. The molecule has 0 saturated heterocycles. The number of hydrogen-bond acceptors (Lipinski definition) is 4. The Morgan fingerprint density at radius 1 is 1.08 bits per heavy atom. The highest BCUT2D eigenvalue weighted by atomic mass is 35.5. The molecule has 0 amide bonds. The number of carbonyl (C=O) groups excluding carboxylic acids is 1. The normalized spacial score (nSPS) is 14.6. The number of benzene rings is 2.